The maximum atomic E-state index is 10.9. The van der Waals surface area contributed by atoms with Crippen LogP contribution in [0.3, 0.4) is 0 Å². The molecule has 18 heavy (non-hydrogen) atoms. The summed E-state index contributed by atoms with van der Waals surface area (Å²) in [4.78, 5) is 10.9. The van der Waals surface area contributed by atoms with E-state index in [0.717, 1.165) is 24.7 Å². The Balaban J connectivity index is 2.24. The van der Waals surface area contributed by atoms with Crippen LogP contribution < -0.4 is 10.6 Å². The van der Waals surface area contributed by atoms with Gasteiger partial charge < -0.3 is 10.6 Å². The molecule has 0 unspecified atom stereocenters. The fourth-order valence-electron chi connectivity index (χ4n) is 1.78. The number of hydrogen-bond acceptors (Lipinski definition) is 2. The van der Waals surface area contributed by atoms with Gasteiger partial charge >= 0.3 is 0 Å². The summed E-state index contributed by atoms with van der Waals surface area (Å²) >= 11 is 0. The van der Waals surface area contributed by atoms with E-state index in [-0.39, 0.29) is 5.91 Å². The zero-order chi connectivity index (χ0) is 13.4. The van der Waals surface area contributed by atoms with Crippen LogP contribution >= 0.6 is 0 Å². The highest BCUT2D eigenvalue weighted by Gasteiger charge is 1.97. The van der Waals surface area contributed by atoms with Crippen LogP contribution in [0.1, 0.15) is 39.2 Å². The van der Waals surface area contributed by atoms with Gasteiger partial charge in [0.2, 0.25) is 5.91 Å². The van der Waals surface area contributed by atoms with Crippen molar-refractivity contribution in [2.24, 2.45) is 5.92 Å². The molecule has 0 saturated carbocycles. The molecule has 0 saturated heterocycles. The van der Waals surface area contributed by atoms with Gasteiger partial charge in [0.15, 0.2) is 0 Å². The molecule has 0 aliphatic rings. The Kier molecular flexibility index (Phi) is 6.44. The van der Waals surface area contributed by atoms with Crippen molar-refractivity contribution in [2.75, 3.05) is 11.9 Å². The summed E-state index contributed by atoms with van der Waals surface area (Å²) in [5.74, 6) is 0.748. The minimum Gasteiger partial charge on any atom is -0.326 e. The third-order valence-corrected chi connectivity index (χ3v) is 2.74. The van der Waals surface area contributed by atoms with Gasteiger partial charge in [0, 0.05) is 19.2 Å². The molecular formula is C15H24N2O. The lowest BCUT2D eigenvalue weighted by atomic mass is 10.1. The molecule has 0 fully saturated rings. The Hall–Kier alpha value is -1.35. The maximum Gasteiger partial charge on any atom is 0.221 e. The van der Waals surface area contributed by atoms with Crippen molar-refractivity contribution < 1.29 is 4.79 Å². The fourth-order valence-corrected chi connectivity index (χ4v) is 1.78. The van der Waals surface area contributed by atoms with Crippen molar-refractivity contribution >= 4 is 11.6 Å². The average Bonchev–Trinajstić information content (AvgIpc) is 2.30. The first-order valence-corrected chi connectivity index (χ1v) is 6.65. The van der Waals surface area contributed by atoms with Gasteiger partial charge in [-0.25, -0.2) is 0 Å². The summed E-state index contributed by atoms with van der Waals surface area (Å²) in [5, 5.41) is 6.19. The largest absolute Gasteiger partial charge is 0.326 e. The van der Waals surface area contributed by atoms with Crippen molar-refractivity contribution in [3.63, 3.8) is 0 Å². The van der Waals surface area contributed by atoms with Crippen LogP contribution in [0.25, 0.3) is 0 Å². The smallest absolute Gasteiger partial charge is 0.221 e. The zero-order valence-corrected chi connectivity index (χ0v) is 11.6. The van der Waals surface area contributed by atoms with Gasteiger partial charge in [-0.3, -0.25) is 4.79 Å². The van der Waals surface area contributed by atoms with Gasteiger partial charge in [-0.1, -0.05) is 26.0 Å². The minimum atomic E-state index is -0.0328. The lowest BCUT2D eigenvalue weighted by molar-refractivity contribution is -0.114. The first kappa shape index (κ1) is 14.7. The number of hydrogen-bond donors (Lipinski definition) is 2. The molecule has 100 valence electrons. The molecule has 1 amide bonds. The van der Waals surface area contributed by atoms with Crippen molar-refractivity contribution in [3.8, 4) is 0 Å². The zero-order valence-electron chi connectivity index (χ0n) is 11.6. The summed E-state index contributed by atoms with van der Waals surface area (Å²) in [6.45, 7) is 7.97. The Labute approximate surface area is 110 Å². The molecule has 0 bridgehead atoms. The summed E-state index contributed by atoms with van der Waals surface area (Å²) in [7, 11) is 0. The summed E-state index contributed by atoms with van der Waals surface area (Å²) in [6.07, 6.45) is 2.50. The Morgan fingerprint density at radius 3 is 2.44 bits per heavy atom. The van der Waals surface area contributed by atoms with Crippen LogP contribution in [0, 0.1) is 5.92 Å². The number of anilines is 1. The summed E-state index contributed by atoms with van der Waals surface area (Å²) < 4.78 is 0. The quantitative estimate of drug-likeness (QED) is 0.728. The number of carbonyl (C=O) groups excluding carboxylic acids is 1. The molecule has 1 rings (SSSR count). The molecule has 2 N–H and O–H groups in total. The lowest BCUT2D eigenvalue weighted by Gasteiger charge is -2.07. The standard InChI is InChI=1S/C15H24N2O/c1-12(2)5-4-10-16-11-14-6-8-15(9-7-14)17-13(3)18/h6-9,12,16H,4-5,10-11H2,1-3H3,(H,17,18). The second kappa shape index (κ2) is 7.88. The second-order valence-electron chi connectivity index (χ2n) is 5.09. The average molecular weight is 248 g/mol. The molecule has 3 nitrogen and oxygen atoms in total. The fraction of sp³-hybridized carbons (Fsp3) is 0.533. The monoisotopic (exact) mass is 248 g/mol. The van der Waals surface area contributed by atoms with Crippen molar-refractivity contribution in [1.29, 1.82) is 0 Å². The van der Waals surface area contributed by atoms with E-state index in [0.29, 0.717) is 0 Å². The number of benzene rings is 1. The predicted octanol–water partition coefficient (Wildman–Crippen LogP) is 3.17. The first-order chi connectivity index (χ1) is 8.58. The van der Waals surface area contributed by atoms with Gasteiger partial charge in [-0.15, -0.1) is 0 Å². The van der Waals surface area contributed by atoms with Crippen molar-refractivity contribution in [1.82, 2.24) is 5.32 Å². The predicted molar refractivity (Wildman–Crippen MR) is 76.5 cm³/mol. The molecule has 3 heteroatoms. The molecular weight excluding hydrogens is 224 g/mol. The highest BCUT2D eigenvalue weighted by Crippen LogP contribution is 2.09. The molecule has 0 radical (unpaired) electrons. The Morgan fingerprint density at radius 2 is 1.89 bits per heavy atom. The van der Waals surface area contributed by atoms with Crippen LogP contribution in [0.5, 0.6) is 0 Å². The molecule has 0 aliphatic heterocycles. The van der Waals surface area contributed by atoms with Gasteiger partial charge in [0.05, 0.1) is 0 Å². The van der Waals surface area contributed by atoms with E-state index in [1.807, 2.05) is 24.3 Å². The van der Waals surface area contributed by atoms with E-state index >= 15 is 0 Å². The highest BCUT2D eigenvalue weighted by atomic mass is 16.1. The first-order valence-electron chi connectivity index (χ1n) is 6.65. The van der Waals surface area contributed by atoms with Crippen LogP contribution in [0.15, 0.2) is 24.3 Å². The molecule has 0 atom stereocenters. The number of amides is 1. The van der Waals surface area contributed by atoms with E-state index in [9.17, 15) is 4.79 Å². The van der Waals surface area contributed by atoms with Gasteiger partial charge in [-0.05, 0) is 43.0 Å². The van der Waals surface area contributed by atoms with Gasteiger partial charge in [-0.2, -0.15) is 0 Å². The van der Waals surface area contributed by atoms with Crippen LogP contribution in [-0.4, -0.2) is 12.5 Å². The number of rotatable bonds is 7. The van der Waals surface area contributed by atoms with E-state index in [1.54, 1.807) is 0 Å². The molecule has 0 heterocycles. The van der Waals surface area contributed by atoms with Gasteiger partial charge in [0.1, 0.15) is 0 Å². The molecule has 0 aromatic heterocycles. The molecule has 1 aromatic rings. The van der Waals surface area contributed by atoms with Crippen molar-refractivity contribution in [2.45, 2.75) is 40.2 Å². The summed E-state index contributed by atoms with van der Waals surface area (Å²) in [5.41, 5.74) is 2.10. The molecule has 1 aromatic carbocycles. The molecule has 0 spiro atoms. The topological polar surface area (TPSA) is 41.1 Å². The second-order valence-corrected chi connectivity index (χ2v) is 5.09. The minimum absolute atomic E-state index is 0.0328. The normalized spacial score (nSPS) is 10.7. The summed E-state index contributed by atoms with van der Waals surface area (Å²) in [6, 6.07) is 7.96. The van der Waals surface area contributed by atoms with Crippen LogP contribution in [0.2, 0.25) is 0 Å². The van der Waals surface area contributed by atoms with Crippen LogP contribution in [0.4, 0.5) is 5.69 Å². The Bertz CT molecular complexity index is 357. The number of carbonyl (C=O) groups is 1. The van der Waals surface area contributed by atoms with E-state index in [4.69, 9.17) is 0 Å². The highest BCUT2D eigenvalue weighted by molar-refractivity contribution is 5.88. The lowest BCUT2D eigenvalue weighted by Crippen LogP contribution is -2.15. The third-order valence-electron chi connectivity index (χ3n) is 2.74. The van der Waals surface area contributed by atoms with E-state index < -0.39 is 0 Å². The van der Waals surface area contributed by atoms with Gasteiger partial charge in [0.25, 0.3) is 0 Å². The number of nitrogens with one attached hydrogen (secondary N) is 2. The van der Waals surface area contributed by atoms with E-state index in [1.165, 1.54) is 25.3 Å². The van der Waals surface area contributed by atoms with E-state index in [2.05, 4.69) is 24.5 Å². The maximum absolute atomic E-state index is 10.9. The van der Waals surface area contributed by atoms with Crippen molar-refractivity contribution in [3.05, 3.63) is 29.8 Å². The Morgan fingerprint density at radius 1 is 1.22 bits per heavy atom. The molecule has 0 aliphatic carbocycles. The van der Waals surface area contributed by atoms with Crippen LogP contribution in [-0.2, 0) is 11.3 Å². The third kappa shape index (κ3) is 6.40. The SMILES string of the molecule is CC(=O)Nc1ccc(CNCCCC(C)C)cc1.